The Morgan fingerprint density at radius 2 is 1.73 bits per heavy atom. The van der Waals surface area contributed by atoms with Crippen molar-refractivity contribution in [2.75, 3.05) is 31.1 Å². The summed E-state index contributed by atoms with van der Waals surface area (Å²) in [5.74, 6) is -0.190. The number of aromatic nitrogens is 1. The number of piperazine rings is 1. The highest BCUT2D eigenvalue weighted by Gasteiger charge is 2.33. The Morgan fingerprint density at radius 3 is 2.48 bits per heavy atom. The van der Waals surface area contributed by atoms with Gasteiger partial charge in [0.1, 0.15) is 0 Å². The SMILES string of the molecule is Cc1ccc2nc(N3CCN(C(=O)c4ccccc4S(=O)(=O)C4CCCCC4)CC3)sc2c1. The molecule has 0 unspecified atom stereocenters. The molecular formula is C25H29N3O3S2. The molecule has 0 N–H and O–H groups in total. The summed E-state index contributed by atoms with van der Waals surface area (Å²) in [4.78, 5) is 22.4. The van der Waals surface area contributed by atoms with Gasteiger partial charge in [-0.05, 0) is 49.6 Å². The van der Waals surface area contributed by atoms with Crippen LogP contribution in [0.15, 0.2) is 47.4 Å². The highest BCUT2D eigenvalue weighted by molar-refractivity contribution is 7.92. The number of thiazole rings is 1. The van der Waals surface area contributed by atoms with E-state index >= 15 is 0 Å². The number of carbonyl (C=O) groups is 1. The zero-order chi connectivity index (χ0) is 23.0. The number of hydrogen-bond acceptors (Lipinski definition) is 6. The third-order valence-electron chi connectivity index (χ3n) is 6.79. The molecule has 0 spiro atoms. The number of hydrogen-bond donors (Lipinski definition) is 0. The van der Waals surface area contributed by atoms with Crippen LogP contribution in [0, 0.1) is 6.92 Å². The lowest BCUT2D eigenvalue weighted by molar-refractivity contribution is 0.0743. The molecule has 0 atom stereocenters. The second-order valence-electron chi connectivity index (χ2n) is 9.05. The predicted molar refractivity (Wildman–Crippen MR) is 133 cm³/mol. The summed E-state index contributed by atoms with van der Waals surface area (Å²) in [5, 5.41) is 0.600. The van der Waals surface area contributed by atoms with Gasteiger partial charge in [0.15, 0.2) is 15.0 Å². The molecule has 1 aromatic heterocycles. The fourth-order valence-corrected chi connectivity index (χ4v) is 8.03. The largest absolute Gasteiger partial charge is 0.345 e. The minimum Gasteiger partial charge on any atom is -0.345 e. The lowest BCUT2D eigenvalue weighted by Gasteiger charge is -2.35. The summed E-state index contributed by atoms with van der Waals surface area (Å²) < 4.78 is 27.9. The van der Waals surface area contributed by atoms with Crippen molar-refractivity contribution in [1.29, 1.82) is 0 Å². The Morgan fingerprint density at radius 1 is 1.00 bits per heavy atom. The first-order valence-electron chi connectivity index (χ1n) is 11.7. The summed E-state index contributed by atoms with van der Waals surface area (Å²) in [7, 11) is -3.51. The van der Waals surface area contributed by atoms with E-state index in [9.17, 15) is 13.2 Å². The van der Waals surface area contributed by atoms with Crippen molar-refractivity contribution < 1.29 is 13.2 Å². The first-order valence-corrected chi connectivity index (χ1v) is 14.0. The number of sulfone groups is 1. The van der Waals surface area contributed by atoms with Crippen LogP contribution in [0.3, 0.4) is 0 Å². The average molecular weight is 484 g/mol. The molecule has 2 fully saturated rings. The van der Waals surface area contributed by atoms with E-state index in [2.05, 4.69) is 24.0 Å². The number of amides is 1. The van der Waals surface area contributed by atoms with Gasteiger partial charge in [-0.25, -0.2) is 13.4 Å². The molecule has 1 aliphatic carbocycles. The molecule has 174 valence electrons. The molecule has 1 saturated heterocycles. The molecule has 1 amide bonds. The van der Waals surface area contributed by atoms with Crippen LogP contribution in [-0.4, -0.2) is 55.6 Å². The normalized spacial score (nSPS) is 18.1. The molecular weight excluding hydrogens is 454 g/mol. The van der Waals surface area contributed by atoms with Crippen molar-refractivity contribution in [3.05, 3.63) is 53.6 Å². The number of benzene rings is 2. The maximum atomic E-state index is 13.4. The van der Waals surface area contributed by atoms with E-state index in [1.165, 1.54) is 10.3 Å². The molecule has 2 heterocycles. The van der Waals surface area contributed by atoms with Crippen molar-refractivity contribution in [2.24, 2.45) is 0 Å². The Kier molecular flexibility index (Phi) is 6.14. The van der Waals surface area contributed by atoms with E-state index in [0.29, 0.717) is 44.6 Å². The lowest BCUT2D eigenvalue weighted by atomic mass is 10.0. The van der Waals surface area contributed by atoms with E-state index in [1.807, 2.05) is 6.07 Å². The molecule has 2 aromatic carbocycles. The molecule has 6 nitrogen and oxygen atoms in total. The van der Waals surface area contributed by atoms with Crippen LogP contribution in [0.4, 0.5) is 5.13 Å². The number of anilines is 1. The molecule has 1 aliphatic heterocycles. The van der Waals surface area contributed by atoms with Gasteiger partial charge >= 0.3 is 0 Å². The summed E-state index contributed by atoms with van der Waals surface area (Å²) >= 11 is 1.68. The van der Waals surface area contributed by atoms with Crippen molar-refractivity contribution in [2.45, 2.75) is 49.2 Å². The molecule has 3 aromatic rings. The van der Waals surface area contributed by atoms with Crippen LogP contribution >= 0.6 is 11.3 Å². The van der Waals surface area contributed by atoms with Crippen molar-refractivity contribution in [1.82, 2.24) is 9.88 Å². The van der Waals surface area contributed by atoms with Crippen molar-refractivity contribution in [3.8, 4) is 0 Å². The number of carbonyl (C=O) groups excluding carboxylic acids is 1. The number of nitrogens with zero attached hydrogens (tertiary/aromatic N) is 3. The van der Waals surface area contributed by atoms with Gasteiger partial charge in [0.05, 0.1) is 25.9 Å². The van der Waals surface area contributed by atoms with E-state index in [1.54, 1.807) is 40.5 Å². The van der Waals surface area contributed by atoms with E-state index < -0.39 is 9.84 Å². The van der Waals surface area contributed by atoms with Crippen molar-refractivity contribution >= 4 is 42.4 Å². The minimum absolute atomic E-state index is 0.190. The van der Waals surface area contributed by atoms with Gasteiger partial charge in [0, 0.05) is 26.2 Å². The molecule has 1 saturated carbocycles. The monoisotopic (exact) mass is 483 g/mol. The topological polar surface area (TPSA) is 70.6 Å². The zero-order valence-corrected chi connectivity index (χ0v) is 20.5. The summed E-state index contributed by atoms with van der Waals surface area (Å²) in [6, 6.07) is 13.0. The van der Waals surface area contributed by atoms with Gasteiger partial charge in [0.25, 0.3) is 5.91 Å². The summed E-state index contributed by atoms with van der Waals surface area (Å²) in [5.41, 5.74) is 2.53. The lowest BCUT2D eigenvalue weighted by Crippen LogP contribution is -2.49. The van der Waals surface area contributed by atoms with E-state index in [-0.39, 0.29) is 16.1 Å². The average Bonchev–Trinajstić information content (AvgIpc) is 3.27. The van der Waals surface area contributed by atoms with E-state index in [4.69, 9.17) is 4.98 Å². The van der Waals surface area contributed by atoms with Gasteiger partial charge in [-0.3, -0.25) is 4.79 Å². The molecule has 2 aliphatic rings. The molecule has 0 radical (unpaired) electrons. The highest BCUT2D eigenvalue weighted by atomic mass is 32.2. The second kappa shape index (κ2) is 9.06. The van der Waals surface area contributed by atoms with Gasteiger partial charge in [-0.15, -0.1) is 0 Å². The minimum atomic E-state index is -3.51. The van der Waals surface area contributed by atoms with Gasteiger partial charge < -0.3 is 9.80 Å². The Hall–Kier alpha value is -2.45. The quantitative estimate of drug-likeness (QED) is 0.539. The van der Waals surface area contributed by atoms with Crippen molar-refractivity contribution in [3.63, 3.8) is 0 Å². The highest BCUT2D eigenvalue weighted by Crippen LogP contribution is 2.32. The maximum absolute atomic E-state index is 13.4. The summed E-state index contributed by atoms with van der Waals surface area (Å²) in [6.45, 7) is 4.54. The van der Waals surface area contributed by atoms with Crippen LogP contribution in [0.2, 0.25) is 0 Å². The first-order chi connectivity index (χ1) is 15.9. The molecule has 33 heavy (non-hydrogen) atoms. The van der Waals surface area contributed by atoms with Crippen LogP contribution in [0.25, 0.3) is 10.2 Å². The predicted octanol–water partition coefficient (Wildman–Crippen LogP) is 4.67. The Labute approximate surface area is 199 Å². The maximum Gasteiger partial charge on any atom is 0.255 e. The fourth-order valence-electron chi connectivity index (χ4n) is 4.87. The van der Waals surface area contributed by atoms with Gasteiger partial charge in [-0.2, -0.15) is 0 Å². The number of rotatable bonds is 4. The Balaban J connectivity index is 1.32. The first kappa shape index (κ1) is 22.3. The number of aryl methyl sites for hydroxylation is 1. The summed E-state index contributed by atoms with van der Waals surface area (Å²) in [6.07, 6.45) is 4.34. The molecule has 5 rings (SSSR count). The molecule has 0 bridgehead atoms. The fraction of sp³-hybridized carbons (Fsp3) is 0.440. The van der Waals surface area contributed by atoms with Crippen LogP contribution in [-0.2, 0) is 9.84 Å². The standard InChI is InChI=1S/C25H29N3O3S2/c1-18-11-12-21-22(17-18)32-25(26-21)28-15-13-27(14-16-28)24(29)20-9-5-6-10-23(20)33(30,31)19-7-3-2-4-8-19/h5-6,9-12,17,19H,2-4,7-8,13-16H2,1H3. The van der Waals surface area contributed by atoms with Crippen LogP contribution in [0.5, 0.6) is 0 Å². The smallest absolute Gasteiger partial charge is 0.255 e. The third-order valence-corrected chi connectivity index (χ3v) is 10.2. The van der Waals surface area contributed by atoms with Gasteiger partial charge in [0.2, 0.25) is 0 Å². The molecule has 8 heteroatoms. The van der Waals surface area contributed by atoms with Crippen LogP contribution in [0.1, 0.15) is 48.0 Å². The van der Waals surface area contributed by atoms with E-state index in [0.717, 1.165) is 29.9 Å². The Bertz CT molecular complexity index is 1270. The second-order valence-corrected chi connectivity index (χ2v) is 12.3. The zero-order valence-electron chi connectivity index (χ0n) is 18.9. The van der Waals surface area contributed by atoms with Gasteiger partial charge in [-0.1, -0.05) is 48.8 Å². The third kappa shape index (κ3) is 4.38. The van der Waals surface area contributed by atoms with Crippen LogP contribution < -0.4 is 4.90 Å². The number of fused-ring (bicyclic) bond motifs is 1.